The number of hydrogen-bond acceptors (Lipinski definition) is 4. The van der Waals surface area contributed by atoms with Crippen molar-refractivity contribution >= 4 is 112 Å². The minimum Gasteiger partial charge on any atom is -0.310 e. The highest BCUT2D eigenvalue weighted by atomic mass is 15.2. The second-order valence-corrected chi connectivity index (χ2v) is 19.8. The molecular formula is C74H53N5. The second-order valence-electron chi connectivity index (χ2n) is 19.8. The molecule has 1 aromatic heterocycles. The van der Waals surface area contributed by atoms with Crippen LogP contribution < -0.4 is 19.6 Å². The van der Waals surface area contributed by atoms with Gasteiger partial charge in [-0.2, -0.15) is 0 Å². The standard InChI is InChI=1S/C74H53N5/c1-6-26-56(27-7-1)75(61-40-44-63(45-41-61)77(58-30-10-3-11-31-58)71-38-20-24-54-22-16-18-36-67(54)71)65-48-50-73-69(52-65)70-53-66(49-51-74(70)79(73)60-34-14-5-15-35-60)76(57-28-8-2-9-29-57)62-42-46-64(47-43-62)78(59-32-12-4-13-33-59)72-39-21-25-55-23-17-19-37-68(55)72/h1-53H. The number of para-hydroxylation sites is 5. The first-order chi connectivity index (χ1) is 39.2. The normalized spacial score (nSPS) is 11.3. The number of fused-ring (bicyclic) bond motifs is 5. The van der Waals surface area contributed by atoms with Gasteiger partial charge >= 0.3 is 0 Å². The smallest absolute Gasteiger partial charge is 0.0542 e. The molecule has 0 bridgehead atoms. The van der Waals surface area contributed by atoms with Gasteiger partial charge in [-0.25, -0.2) is 0 Å². The van der Waals surface area contributed by atoms with Crippen molar-refractivity contribution in [3.05, 3.63) is 322 Å². The summed E-state index contributed by atoms with van der Waals surface area (Å²) in [6, 6.07) is 116. The molecular weight excluding hydrogens is 959 g/mol. The average molecular weight is 1010 g/mol. The zero-order valence-electron chi connectivity index (χ0n) is 43.3. The maximum Gasteiger partial charge on any atom is 0.0542 e. The summed E-state index contributed by atoms with van der Waals surface area (Å²) in [5, 5.41) is 7.10. The molecule has 0 aliphatic rings. The third-order valence-corrected chi connectivity index (χ3v) is 15.1. The maximum atomic E-state index is 2.40. The van der Waals surface area contributed by atoms with Gasteiger partial charge in [0.15, 0.2) is 0 Å². The fraction of sp³-hybridized carbons (Fsp3) is 0. The Kier molecular flexibility index (Phi) is 12.2. The van der Waals surface area contributed by atoms with Crippen LogP contribution >= 0.6 is 0 Å². The maximum absolute atomic E-state index is 2.40. The third kappa shape index (κ3) is 8.75. The number of benzene rings is 13. The summed E-state index contributed by atoms with van der Waals surface area (Å²) in [5.41, 5.74) is 16.3. The Morgan fingerprint density at radius 1 is 0.190 bits per heavy atom. The minimum atomic E-state index is 1.05. The topological polar surface area (TPSA) is 17.9 Å². The molecule has 0 unspecified atom stereocenters. The van der Waals surface area contributed by atoms with Crippen molar-refractivity contribution in [2.45, 2.75) is 0 Å². The van der Waals surface area contributed by atoms with E-state index in [1.807, 2.05) is 0 Å². The van der Waals surface area contributed by atoms with Gasteiger partial charge in [0, 0.05) is 84.1 Å². The van der Waals surface area contributed by atoms with Crippen LogP contribution in [0.3, 0.4) is 0 Å². The molecule has 0 fully saturated rings. The fourth-order valence-corrected chi connectivity index (χ4v) is 11.5. The van der Waals surface area contributed by atoms with Gasteiger partial charge in [0.1, 0.15) is 0 Å². The summed E-state index contributed by atoms with van der Waals surface area (Å²) >= 11 is 0. The summed E-state index contributed by atoms with van der Waals surface area (Å²) in [6.07, 6.45) is 0. The summed E-state index contributed by atoms with van der Waals surface area (Å²) in [6.45, 7) is 0. The van der Waals surface area contributed by atoms with E-state index in [1.54, 1.807) is 0 Å². The molecule has 5 nitrogen and oxygen atoms in total. The summed E-state index contributed by atoms with van der Waals surface area (Å²) in [7, 11) is 0. The van der Waals surface area contributed by atoms with Crippen LogP contribution in [0.15, 0.2) is 322 Å². The Hall–Kier alpha value is -10.6. The van der Waals surface area contributed by atoms with Crippen molar-refractivity contribution < 1.29 is 0 Å². The molecule has 0 N–H and O–H groups in total. The molecule has 0 aliphatic carbocycles. The molecule has 0 aliphatic heterocycles. The number of rotatable bonds is 13. The van der Waals surface area contributed by atoms with E-state index >= 15 is 0 Å². The van der Waals surface area contributed by atoms with Crippen LogP contribution in [0, 0.1) is 0 Å². The van der Waals surface area contributed by atoms with Gasteiger partial charge in [-0.05, 0) is 168 Å². The van der Waals surface area contributed by atoms with Gasteiger partial charge < -0.3 is 24.2 Å². The number of anilines is 12. The lowest BCUT2D eigenvalue weighted by Gasteiger charge is -2.29. The molecule has 13 aromatic carbocycles. The zero-order valence-corrected chi connectivity index (χ0v) is 43.3. The molecule has 0 saturated heterocycles. The lowest BCUT2D eigenvalue weighted by molar-refractivity contribution is 1.18. The van der Waals surface area contributed by atoms with Crippen LogP contribution in [0.25, 0.3) is 49.0 Å². The quantitative estimate of drug-likeness (QED) is 0.114. The Balaban J connectivity index is 0.901. The molecule has 14 rings (SSSR count). The van der Waals surface area contributed by atoms with Gasteiger partial charge in [-0.1, -0.05) is 164 Å². The molecule has 1 heterocycles. The van der Waals surface area contributed by atoms with Gasteiger partial charge in [-0.15, -0.1) is 0 Å². The fourth-order valence-electron chi connectivity index (χ4n) is 11.5. The molecule has 0 amide bonds. The van der Waals surface area contributed by atoms with Crippen LogP contribution in [-0.4, -0.2) is 4.57 Å². The number of nitrogens with zero attached hydrogens (tertiary/aromatic N) is 5. The third-order valence-electron chi connectivity index (χ3n) is 15.1. The van der Waals surface area contributed by atoms with Gasteiger partial charge in [0.05, 0.1) is 22.4 Å². The van der Waals surface area contributed by atoms with Gasteiger partial charge in [0.25, 0.3) is 0 Å². The molecule has 374 valence electrons. The van der Waals surface area contributed by atoms with Crippen LogP contribution in [0.2, 0.25) is 0 Å². The SMILES string of the molecule is c1ccc(N(c2ccc(N(c3ccccc3)c3cccc4ccccc34)cc2)c2ccc3c(c2)c2cc(N(c4ccccc4)c4ccc(N(c5ccccc5)c5cccc6ccccc56)cc4)ccc2n3-c2ccccc2)cc1. The summed E-state index contributed by atoms with van der Waals surface area (Å²) < 4.78 is 2.40. The first kappa shape index (κ1) is 46.9. The highest BCUT2D eigenvalue weighted by Gasteiger charge is 2.23. The van der Waals surface area contributed by atoms with Crippen molar-refractivity contribution in [2.75, 3.05) is 19.6 Å². The Labute approximate surface area is 460 Å². The predicted octanol–water partition coefficient (Wildman–Crippen LogP) is 21.0. The molecule has 0 atom stereocenters. The van der Waals surface area contributed by atoms with Crippen molar-refractivity contribution in [2.24, 2.45) is 0 Å². The minimum absolute atomic E-state index is 1.05. The van der Waals surface area contributed by atoms with Gasteiger partial charge in [-0.3, -0.25) is 0 Å². The lowest BCUT2D eigenvalue weighted by atomic mass is 10.1. The van der Waals surface area contributed by atoms with E-state index in [4.69, 9.17) is 0 Å². The van der Waals surface area contributed by atoms with Crippen LogP contribution in [0.5, 0.6) is 0 Å². The van der Waals surface area contributed by atoms with E-state index in [2.05, 4.69) is 346 Å². The van der Waals surface area contributed by atoms with Crippen molar-refractivity contribution in [1.82, 2.24) is 4.57 Å². The first-order valence-corrected chi connectivity index (χ1v) is 26.9. The van der Waals surface area contributed by atoms with Crippen molar-refractivity contribution in [3.63, 3.8) is 0 Å². The monoisotopic (exact) mass is 1010 g/mol. The molecule has 14 aromatic rings. The highest BCUT2D eigenvalue weighted by molar-refractivity contribution is 6.12. The van der Waals surface area contributed by atoms with E-state index in [1.165, 1.54) is 21.5 Å². The lowest BCUT2D eigenvalue weighted by Crippen LogP contribution is -2.12. The molecule has 79 heavy (non-hydrogen) atoms. The first-order valence-electron chi connectivity index (χ1n) is 26.9. The van der Waals surface area contributed by atoms with Crippen LogP contribution in [-0.2, 0) is 0 Å². The number of aromatic nitrogens is 1. The van der Waals surface area contributed by atoms with Crippen molar-refractivity contribution in [3.8, 4) is 5.69 Å². The van der Waals surface area contributed by atoms with E-state index in [0.717, 1.165) is 95.7 Å². The Bertz CT molecular complexity index is 4130. The second kappa shape index (κ2) is 20.5. The van der Waals surface area contributed by atoms with E-state index in [-0.39, 0.29) is 0 Å². The van der Waals surface area contributed by atoms with Gasteiger partial charge in [0.2, 0.25) is 0 Å². The average Bonchev–Trinajstić information content (AvgIpc) is 4.10. The van der Waals surface area contributed by atoms with Crippen LogP contribution in [0.4, 0.5) is 68.2 Å². The van der Waals surface area contributed by atoms with E-state index in [0.29, 0.717) is 0 Å². The molecule has 0 radical (unpaired) electrons. The summed E-state index contributed by atoms with van der Waals surface area (Å²) in [4.78, 5) is 9.47. The van der Waals surface area contributed by atoms with Crippen LogP contribution in [0.1, 0.15) is 0 Å². The largest absolute Gasteiger partial charge is 0.310 e. The van der Waals surface area contributed by atoms with E-state index < -0.39 is 0 Å². The molecule has 0 saturated carbocycles. The number of hydrogen-bond donors (Lipinski definition) is 0. The van der Waals surface area contributed by atoms with Crippen molar-refractivity contribution in [1.29, 1.82) is 0 Å². The Morgan fingerprint density at radius 2 is 0.468 bits per heavy atom. The van der Waals surface area contributed by atoms with E-state index in [9.17, 15) is 0 Å². The zero-order chi connectivity index (χ0) is 52.5. The highest BCUT2D eigenvalue weighted by Crippen LogP contribution is 2.46. The predicted molar refractivity (Wildman–Crippen MR) is 335 cm³/mol. The molecule has 5 heteroatoms. The molecule has 0 spiro atoms. The Morgan fingerprint density at radius 3 is 0.848 bits per heavy atom. The summed E-state index contributed by atoms with van der Waals surface area (Å²) in [5.74, 6) is 0.